The molecule has 94 valence electrons. The van der Waals surface area contributed by atoms with Crippen LogP contribution in [0, 0.1) is 16.7 Å². The highest BCUT2D eigenvalue weighted by atomic mass is 16.5. The summed E-state index contributed by atoms with van der Waals surface area (Å²) in [4.78, 5) is 0. The van der Waals surface area contributed by atoms with E-state index in [1.165, 1.54) is 0 Å². The second-order valence-corrected chi connectivity index (χ2v) is 4.90. The number of nitriles is 1. The molecule has 16 heavy (non-hydrogen) atoms. The van der Waals surface area contributed by atoms with Crippen molar-refractivity contribution in [3.05, 3.63) is 0 Å². The number of rotatable bonds is 10. The molecule has 0 aliphatic heterocycles. The predicted octanol–water partition coefficient (Wildman–Crippen LogP) is 2.72. The number of ether oxygens (including phenoxy) is 1. The van der Waals surface area contributed by atoms with E-state index < -0.39 is 0 Å². The van der Waals surface area contributed by atoms with Crippen LogP contribution in [0.2, 0.25) is 0 Å². The molecule has 0 amide bonds. The van der Waals surface area contributed by atoms with Crippen molar-refractivity contribution in [1.29, 1.82) is 5.26 Å². The standard InChI is InChI=1S/C13H26N2O/c1-4-16-11-6-5-10-15-12-13(2,3)8-7-9-14/h15H,4-8,10-12H2,1-3H3. The summed E-state index contributed by atoms with van der Waals surface area (Å²) in [5, 5.41) is 12.0. The summed E-state index contributed by atoms with van der Waals surface area (Å²) in [5.74, 6) is 0. The van der Waals surface area contributed by atoms with Crippen molar-refractivity contribution in [1.82, 2.24) is 5.32 Å². The van der Waals surface area contributed by atoms with E-state index in [9.17, 15) is 0 Å². The smallest absolute Gasteiger partial charge is 0.0621 e. The summed E-state index contributed by atoms with van der Waals surface area (Å²) < 4.78 is 5.27. The maximum Gasteiger partial charge on any atom is 0.0621 e. The van der Waals surface area contributed by atoms with Crippen molar-refractivity contribution in [2.45, 2.75) is 46.5 Å². The van der Waals surface area contributed by atoms with Gasteiger partial charge < -0.3 is 10.1 Å². The van der Waals surface area contributed by atoms with Crippen molar-refractivity contribution < 1.29 is 4.74 Å². The van der Waals surface area contributed by atoms with E-state index in [0.29, 0.717) is 6.42 Å². The van der Waals surface area contributed by atoms with Gasteiger partial charge in [0, 0.05) is 26.2 Å². The SMILES string of the molecule is CCOCCCCNCC(C)(C)CCC#N. The molecule has 0 saturated carbocycles. The Morgan fingerprint density at radius 3 is 2.69 bits per heavy atom. The van der Waals surface area contributed by atoms with Gasteiger partial charge in [-0.3, -0.25) is 0 Å². The second kappa shape index (κ2) is 9.62. The topological polar surface area (TPSA) is 45.0 Å². The minimum absolute atomic E-state index is 0.232. The van der Waals surface area contributed by atoms with Gasteiger partial charge in [-0.15, -0.1) is 0 Å². The monoisotopic (exact) mass is 226 g/mol. The van der Waals surface area contributed by atoms with Crippen molar-refractivity contribution in [3.8, 4) is 6.07 Å². The van der Waals surface area contributed by atoms with Gasteiger partial charge in [0.05, 0.1) is 6.07 Å². The van der Waals surface area contributed by atoms with E-state index in [1.807, 2.05) is 6.92 Å². The van der Waals surface area contributed by atoms with Crippen molar-refractivity contribution in [3.63, 3.8) is 0 Å². The van der Waals surface area contributed by atoms with E-state index in [0.717, 1.165) is 45.6 Å². The number of unbranched alkanes of at least 4 members (excludes halogenated alkanes) is 1. The molecule has 0 fully saturated rings. The number of nitrogens with one attached hydrogen (secondary N) is 1. The molecule has 0 aromatic heterocycles. The van der Waals surface area contributed by atoms with Crippen LogP contribution in [-0.4, -0.2) is 26.3 Å². The summed E-state index contributed by atoms with van der Waals surface area (Å²) >= 11 is 0. The normalized spacial score (nSPS) is 11.4. The third kappa shape index (κ3) is 9.95. The van der Waals surface area contributed by atoms with Crippen LogP contribution in [0.1, 0.15) is 46.5 Å². The Morgan fingerprint density at radius 2 is 2.06 bits per heavy atom. The van der Waals surface area contributed by atoms with Gasteiger partial charge in [0.2, 0.25) is 0 Å². The molecular formula is C13H26N2O. The van der Waals surface area contributed by atoms with E-state index in [2.05, 4.69) is 25.2 Å². The van der Waals surface area contributed by atoms with Gasteiger partial charge in [-0.25, -0.2) is 0 Å². The Labute approximate surface area is 100 Å². The quantitative estimate of drug-likeness (QED) is 0.583. The van der Waals surface area contributed by atoms with Crippen LogP contribution in [0.25, 0.3) is 0 Å². The molecule has 0 bridgehead atoms. The highest BCUT2D eigenvalue weighted by Crippen LogP contribution is 2.20. The lowest BCUT2D eigenvalue weighted by Crippen LogP contribution is -2.30. The fourth-order valence-corrected chi connectivity index (χ4v) is 1.51. The Kier molecular flexibility index (Phi) is 9.27. The number of hydrogen-bond donors (Lipinski definition) is 1. The minimum atomic E-state index is 0.232. The first-order valence-electron chi connectivity index (χ1n) is 6.28. The summed E-state index contributed by atoms with van der Waals surface area (Å²) in [6.07, 6.45) is 3.91. The molecule has 0 radical (unpaired) electrons. The summed E-state index contributed by atoms with van der Waals surface area (Å²) in [5.41, 5.74) is 0.232. The van der Waals surface area contributed by atoms with Gasteiger partial charge in [0.15, 0.2) is 0 Å². The van der Waals surface area contributed by atoms with Gasteiger partial charge in [-0.05, 0) is 38.1 Å². The van der Waals surface area contributed by atoms with E-state index in [-0.39, 0.29) is 5.41 Å². The van der Waals surface area contributed by atoms with Crippen molar-refractivity contribution in [2.75, 3.05) is 26.3 Å². The molecule has 0 unspecified atom stereocenters. The second-order valence-electron chi connectivity index (χ2n) is 4.90. The molecule has 0 aliphatic carbocycles. The van der Waals surface area contributed by atoms with E-state index in [1.54, 1.807) is 0 Å². The van der Waals surface area contributed by atoms with Crippen LogP contribution >= 0.6 is 0 Å². The Bertz CT molecular complexity index is 197. The van der Waals surface area contributed by atoms with Gasteiger partial charge in [-0.1, -0.05) is 13.8 Å². The third-order valence-electron chi connectivity index (χ3n) is 2.61. The maximum absolute atomic E-state index is 8.54. The lowest BCUT2D eigenvalue weighted by atomic mass is 9.88. The summed E-state index contributed by atoms with van der Waals surface area (Å²) in [6, 6.07) is 2.20. The molecule has 0 heterocycles. The fourth-order valence-electron chi connectivity index (χ4n) is 1.51. The molecule has 3 nitrogen and oxygen atoms in total. The third-order valence-corrected chi connectivity index (χ3v) is 2.61. The van der Waals surface area contributed by atoms with Crippen LogP contribution < -0.4 is 5.32 Å². The van der Waals surface area contributed by atoms with Gasteiger partial charge in [-0.2, -0.15) is 5.26 Å². The zero-order valence-corrected chi connectivity index (χ0v) is 11.0. The van der Waals surface area contributed by atoms with Gasteiger partial charge in [0.1, 0.15) is 0 Å². The highest BCUT2D eigenvalue weighted by molar-refractivity contribution is 4.78. The lowest BCUT2D eigenvalue weighted by molar-refractivity contribution is 0.143. The molecule has 0 aromatic rings. The Hall–Kier alpha value is -0.590. The van der Waals surface area contributed by atoms with Gasteiger partial charge >= 0.3 is 0 Å². The zero-order valence-electron chi connectivity index (χ0n) is 11.0. The molecule has 0 aliphatic rings. The first-order chi connectivity index (χ1) is 7.62. The molecule has 0 saturated heterocycles. The van der Waals surface area contributed by atoms with Gasteiger partial charge in [0.25, 0.3) is 0 Å². The van der Waals surface area contributed by atoms with Crippen molar-refractivity contribution in [2.24, 2.45) is 5.41 Å². The zero-order chi connectivity index (χ0) is 12.3. The first-order valence-corrected chi connectivity index (χ1v) is 6.28. The largest absolute Gasteiger partial charge is 0.382 e. The van der Waals surface area contributed by atoms with Crippen LogP contribution in [0.3, 0.4) is 0 Å². The number of nitrogens with zero attached hydrogens (tertiary/aromatic N) is 1. The average Bonchev–Trinajstić information content (AvgIpc) is 2.25. The van der Waals surface area contributed by atoms with Crippen LogP contribution in [0.4, 0.5) is 0 Å². The van der Waals surface area contributed by atoms with E-state index >= 15 is 0 Å². The first kappa shape index (κ1) is 15.4. The average molecular weight is 226 g/mol. The van der Waals surface area contributed by atoms with Crippen LogP contribution in [0.5, 0.6) is 0 Å². The molecule has 1 N–H and O–H groups in total. The van der Waals surface area contributed by atoms with E-state index in [4.69, 9.17) is 10.00 Å². The predicted molar refractivity (Wildman–Crippen MR) is 67.2 cm³/mol. The molecule has 0 rings (SSSR count). The maximum atomic E-state index is 8.54. The fraction of sp³-hybridized carbons (Fsp3) is 0.923. The lowest BCUT2D eigenvalue weighted by Gasteiger charge is -2.23. The number of hydrogen-bond acceptors (Lipinski definition) is 3. The highest BCUT2D eigenvalue weighted by Gasteiger charge is 2.16. The van der Waals surface area contributed by atoms with Crippen LogP contribution in [0.15, 0.2) is 0 Å². The molecule has 0 spiro atoms. The molecule has 3 heteroatoms. The minimum Gasteiger partial charge on any atom is -0.382 e. The summed E-state index contributed by atoms with van der Waals surface area (Å²) in [6.45, 7) is 10.2. The molecule has 0 aromatic carbocycles. The Morgan fingerprint density at radius 1 is 1.31 bits per heavy atom. The molecular weight excluding hydrogens is 200 g/mol. The summed E-state index contributed by atoms with van der Waals surface area (Å²) in [7, 11) is 0. The van der Waals surface area contributed by atoms with Crippen molar-refractivity contribution >= 4 is 0 Å². The molecule has 0 atom stereocenters. The van der Waals surface area contributed by atoms with Crippen LogP contribution in [-0.2, 0) is 4.74 Å². The Balaban J connectivity index is 3.33.